The lowest BCUT2D eigenvalue weighted by Gasteiger charge is -2.35. The number of carbonyl (C=O) groups is 3. The van der Waals surface area contributed by atoms with Crippen LogP contribution in [0.2, 0.25) is 0 Å². The van der Waals surface area contributed by atoms with E-state index in [1.165, 1.54) is 11.8 Å². The fraction of sp³-hybridized carbons (Fsp3) is 0.520. The summed E-state index contributed by atoms with van der Waals surface area (Å²) in [7, 11) is 0. The number of rotatable bonds is 6. The van der Waals surface area contributed by atoms with Crippen LogP contribution in [0.1, 0.15) is 58.3 Å². The number of benzene rings is 1. The van der Waals surface area contributed by atoms with E-state index in [9.17, 15) is 19.5 Å². The molecule has 1 aromatic heterocycles. The van der Waals surface area contributed by atoms with Gasteiger partial charge in [-0.25, -0.2) is 4.98 Å². The molecule has 0 aliphatic carbocycles. The van der Waals surface area contributed by atoms with Crippen molar-refractivity contribution in [3.05, 3.63) is 38.5 Å². The topological polar surface area (TPSA) is 112 Å². The van der Waals surface area contributed by atoms with E-state index in [-0.39, 0.29) is 36.7 Å². The average Bonchev–Trinajstić information content (AvgIpc) is 3.36. The number of aliphatic hydroxyl groups excluding tert-OH is 1. The molecule has 2 heterocycles. The molecule has 3 N–H and O–H groups in total. The first-order chi connectivity index (χ1) is 16.3. The minimum Gasteiger partial charge on any atom is -0.391 e. The Morgan fingerprint density at radius 1 is 1.26 bits per heavy atom. The van der Waals surface area contributed by atoms with Crippen molar-refractivity contribution >= 4 is 51.6 Å². The highest BCUT2D eigenvalue weighted by molar-refractivity contribution is 14.1. The van der Waals surface area contributed by atoms with Gasteiger partial charge in [-0.3, -0.25) is 14.4 Å². The number of thiazole rings is 1. The van der Waals surface area contributed by atoms with E-state index in [4.69, 9.17) is 0 Å². The number of amides is 3. The number of likely N-dealkylation sites (tertiary alicyclic amines) is 1. The van der Waals surface area contributed by atoms with E-state index in [1.807, 2.05) is 52.3 Å². The van der Waals surface area contributed by atoms with Gasteiger partial charge in [0.25, 0.3) is 0 Å². The Bertz CT molecular complexity index is 1110. The van der Waals surface area contributed by atoms with Crippen LogP contribution in [0.15, 0.2) is 23.7 Å². The zero-order valence-electron chi connectivity index (χ0n) is 20.9. The van der Waals surface area contributed by atoms with Crippen molar-refractivity contribution in [1.82, 2.24) is 20.5 Å². The summed E-state index contributed by atoms with van der Waals surface area (Å²) in [5.41, 5.74) is 4.30. The van der Waals surface area contributed by atoms with Gasteiger partial charge < -0.3 is 20.6 Å². The number of aromatic nitrogens is 1. The van der Waals surface area contributed by atoms with Crippen molar-refractivity contribution in [3.63, 3.8) is 0 Å². The lowest BCUT2D eigenvalue weighted by molar-refractivity contribution is -0.144. The van der Waals surface area contributed by atoms with Gasteiger partial charge in [-0.2, -0.15) is 0 Å². The van der Waals surface area contributed by atoms with Crippen LogP contribution in [0.25, 0.3) is 10.4 Å². The second-order valence-electron chi connectivity index (χ2n) is 10.1. The van der Waals surface area contributed by atoms with Gasteiger partial charge in [0.1, 0.15) is 12.1 Å². The minimum absolute atomic E-state index is 0.0535. The van der Waals surface area contributed by atoms with Crippen LogP contribution in [0.3, 0.4) is 0 Å². The van der Waals surface area contributed by atoms with Gasteiger partial charge in [-0.15, -0.1) is 11.3 Å². The number of halogens is 1. The Balaban J connectivity index is 1.77. The average molecular weight is 613 g/mol. The molecular weight excluding hydrogens is 579 g/mol. The maximum absolute atomic E-state index is 13.4. The summed E-state index contributed by atoms with van der Waals surface area (Å²) in [5, 5.41) is 16.0. The zero-order chi connectivity index (χ0) is 26.1. The Morgan fingerprint density at radius 3 is 2.49 bits per heavy atom. The van der Waals surface area contributed by atoms with Crippen molar-refractivity contribution in [3.8, 4) is 10.4 Å². The predicted octanol–water partition coefficient (Wildman–Crippen LogP) is 3.41. The van der Waals surface area contributed by atoms with E-state index in [0.29, 0.717) is 0 Å². The van der Waals surface area contributed by atoms with Crippen molar-refractivity contribution in [2.24, 2.45) is 5.41 Å². The first kappa shape index (κ1) is 27.5. The summed E-state index contributed by atoms with van der Waals surface area (Å²) in [4.78, 5) is 45.2. The summed E-state index contributed by atoms with van der Waals surface area (Å²) in [6, 6.07) is 4.19. The molecule has 8 nitrogen and oxygen atoms in total. The summed E-state index contributed by atoms with van der Waals surface area (Å²) in [6.45, 7) is 10.9. The molecule has 10 heteroatoms. The molecule has 1 saturated heterocycles. The van der Waals surface area contributed by atoms with Gasteiger partial charge in [0, 0.05) is 23.5 Å². The van der Waals surface area contributed by atoms with Crippen molar-refractivity contribution < 1.29 is 19.5 Å². The summed E-state index contributed by atoms with van der Waals surface area (Å²) >= 11 is 3.86. The number of hydrogen-bond acceptors (Lipinski definition) is 6. The Kier molecular flexibility index (Phi) is 8.59. The minimum atomic E-state index is -0.810. The lowest BCUT2D eigenvalue weighted by Crippen LogP contribution is -2.57. The van der Waals surface area contributed by atoms with Gasteiger partial charge in [0.05, 0.1) is 28.2 Å². The maximum atomic E-state index is 13.4. The van der Waals surface area contributed by atoms with E-state index in [1.54, 1.807) is 11.3 Å². The molecule has 4 atom stereocenters. The molecule has 190 valence electrons. The van der Waals surface area contributed by atoms with E-state index < -0.39 is 23.6 Å². The monoisotopic (exact) mass is 612 g/mol. The van der Waals surface area contributed by atoms with E-state index >= 15 is 0 Å². The molecule has 0 radical (unpaired) electrons. The molecule has 0 spiro atoms. The highest BCUT2D eigenvalue weighted by Crippen LogP contribution is 2.32. The molecule has 0 saturated carbocycles. The van der Waals surface area contributed by atoms with Crippen molar-refractivity contribution in [2.45, 2.75) is 72.2 Å². The fourth-order valence-corrected chi connectivity index (χ4v) is 6.09. The molecule has 3 rings (SSSR count). The third kappa shape index (κ3) is 6.39. The molecule has 1 aromatic carbocycles. The molecule has 35 heavy (non-hydrogen) atoms. The molecule has 0 unspecified atom stereocenters. The van der Waals surface area contributed by atoms with Crippen molar-refractivity contribution in [1.29, 1.82) is 0 Å². The Morgan fingerprint density at radius 2 is 1.94 bits per heavy atom. The lowest BCUT2D eigenvalue weighted by atomic mass is 9.85. The second kappa shape index (κ2) is 10.9. The standard InChI is InChI=1S/C25H33IN4O4S/c1-13(18-8-7-16(9-19(18)26)21-14(2)27-12-35-21)28-23(33)20-10-17(32)11-30(20)24(34)22(25(4,5)6)29-15(3)31/h7-9,12-13,17,20,22,32H,10-11H2,1-6H3,(H,28,33)(H,29,31)/t13-,17+,20-,22+/m0/s1. The number of nitrogens with zero attached hydrogens (tertiary/aromatic N) is 2. The molecule has 0 bridgehead atoms. The Labute approximate surface area is 224 Å². The predicted molar refractivity (Wildman–Crippen MR) is 145 cm³/mol. The smallest absolute Gasteiger partial charge is 0.246 e. The van der Waals surface area contributed by atoms with Gasteiger partial charge in [-0.1, -0.05) is 32.9 Å². The SMILES string of the molecule is CC(=O)N[C@H](C(=O)N1C[C@H](O)C[C@H]1C(=O)N[C@@H](C)c1ccc(-c2scnc2C)cc1I)C(C)(C)C. The third-order valence-corrected chi connectivity index (χ3v) is 8.07. The molecule has 1 aliphatic heterocycles. The van der Waals surface area contributed by atoms with Gasteiger partial charge in [0.2, 0.25) is 17.7 Å². The van der Waals surface area contributed by atoms with Crippen LogP contribution in [0, 0.1) is 15.9 Å². The van der Waals surface area contributed by atoms with Crippen molar-refractivity contribution in [2.75, 3.05) is 6.54 Å². The van der Waals surface area contributed by atoms with E-state index in [2.05, 4.69) is 44.3 Å². The first-order valence-electron chi connectivity index (χ1n) is 11.6. The van der Waals surface area contributed by atoms with Crippen LogP contribution in [0.4, 0.5) is 0 Å². The molecular formula is C25H33IN4O4S. The molecule has 1 fully saturated rings. The van der Waals surface area contributed by atoms with Gasteiger partial charge in [-0.05, 0) is 59.0 Å². The fourth-order valence-electron chi connectivity index (χ4n) is 4.31. The molecule has 2 aromatic rings. The van der Waals surface area contributed by atoms with E-state index in [0.717, 1.165) is 25.3 Å². The van der Waals surface area contributed by atoms with Crippen LogP contribution in [-0.2, 0) is 14.4 Å². The number of carbonyl (C=O) groups excluding carboxylic acids is 3. The maximum Gasteiger partial charge on any atom is 0.246 e. The zero-order valence-corrected chi connectivity index (χ0v) is 23.9. The number of aryl methyl sites for hydroxylation is 1. The number of hydrogen-bond donors (Lipinski definition) is 3. The largest absolute Gasteiger partial charge is 0.391 e. The normalized spacial score (nSPS) is 19.8. The van der Waals surface area contributed by atoms with Gasteiger partial charge >= 0.3 is 0 Å². The summed E-state index contributed by atoms with van der Waals surface area (Å²) in [5.74, 6) is -1.01. The van der Waals surface area contributed by atoms with Crippen LogP contribution >= 0.6 is 33.9 Å². The van der Waals surface area contributed by atoms with Crippen LogP contribution in [-0.4, -0.2) is 57.4 Å². The first-order valence-corrected chi connectivity index (χ1v) is 13.5. The Hall–Kier alpha value is -2.05. The summed E-state index contributed by atoms with van der Waals surface area (Å²) in [6.07, 6.45) is -0.646. The highest BCUT2D eigenvalue weighted by atomic mass is 127. The number of β-amino-alcohol motifs (C(OH)–C–C–N with tert-alkyl or cyclic N) is 1. The molecule has 1 aliphatic rings. The second-order valence-corrected chi connectivity index (χ2v) is 12.1. The quantitative estimate of drug-likeness (QED) is 0.434. The van der Waals surface area contributed by atoms with Crippen LogP contribution in [0.5, 0.6) is 0 Å². The third-order valence-electron chi connectivity index (χ3n) is 6.16. The highest BCUT2D eigenvalue weighted by Gasteiger charge is 2.44. The molecule has 3 amide bonds. The number of aliphatic hydroxyl groups is 1. The number of nitrogens with one attached hydrogen (secondary N) is 2. The van der Waals surface area contributed by atoms with Crippen LogP contribution < -0.4 is 10.6 Å². The summed E-state index contributed by atoms with van der Waals surface area (Å²) < 4.78 is 1.01. The van der Waals surface area contributed by atoms with Gasteiger partial charge in [0.15, 0.2) is 0 Å².